The van der Waals surface area contributed by atoms with Crippen LogP contribution in [0.5, 0.6) is 11.5 Å². The first kappa shape index (κ1) is 18.3. The third kappa shape index (κ3) is 4.19. The molecule has 6 nitrogen and oxygen atoms in total. The average Bonchev–Trinajstić information content (AvgIpc) is 2.68. The molecule has 3 aromatic rings. The van der Waals surface area contributed by atoms with Crippen LogP contribution >= 0.6 is 7.80 Å². The fraction of sp³-hybridized carbons (Fsp3) is 0. The number of rotatable bonds is 6. The summed E-state index contributed by atoms with van der Waals surface area (Å²) >= 11 is 0. The maximum Gasteiger partial charge on any atom is 0.415 e. The van der Waals surface area contributed by atoms with Gasteiger partial charge in [0, 0.05) is 0 Å². The first-order valence-electron chi connectivity index (χ1n) is 7.86. The van der Waals surface area contributed by atoms with Crippen LogP contribution in [0.1, 0.15) is 20.7 Å². The molecule has 3 rings (SSSR count). The van der Waals surface area contributed by atoms with Gasteiger partial charge >= 0.3 is 19.7 Å². The number of hydrogen-bond acceptors (Lipinski definition) is 4. The van der Waals surface area contributed by atoms with Gasteiger partial charge in [0.1, 0.15) is 11.5 Å². The molecule has 7 heteroatoms. The van der Waals surface area contributed by atoms with Crippen LogP contribution in [0.3, 0.4) is 0 Å². The molecular weight excluding hydrogens is 367 g/mol. The van der Waals surface area contributed by atoms with Crippen molar-refractivity contribution in [3.05, 3.63) is 83.9 Å². The predicted molar refractivity (Wildman–Crippen MR) is 100 cm³/mol. The van der Waals surface area contributed by atoms with Gasteiger partial charge in [0.15, 0.2) is 10.6 Å². The second-order valence-corrected chi connectivity index (χ2v) is 7.17. The van der Waals surface area contributed by atoms with Crippen molar-refractivity contribution < 1.29 is 29.1 Å². The quantitative estimate of drug-likeness (QED) is 0.632. The standard InChI is InChI=1S/C20H13O6P/c21-19(22)17-11-8-14(12-18(17)20(23)24)26-13-6-9-16(10-7-13)27(25)15-4-2-1-3-5-15/h1-12H,(H-,21,22,23,24)/p+1. The summed E-state index contributed by atoms with van der Waals surface area (Å²) < 4.78 is 18.1. The number of carboxylic acids is 2. The molecule has 0 bridgehead atoms. The molecule has 0 saturated carbocycles. The third-order valence-electron chi connectivity index (χ3n) is 3.75. The van der Waals surface area contributed by atoms with Crippen LogP contribution in [-0.2, 0) is 4.57 Å². The Labute approximate surface area is 155 Å². The van der Waals surface area contributed by atoms with Gasteiger partial charge in [0.25, 0.3) is 0 Å². The lowest BCUT2D eigenvalue weighted by molar-refractivity contribution is 0.0651. The molecule has 1 unspecified atom stereocenters. The van der Waals surface area contributed by atoms with Gasteiger partial charge in [-0.3, -0.25) is 0 Å². The Bertz CT molecular complexity index is 1010. The normalized spacial score (nSPS) is 10.9. The molecule has 0 aliphatic rings. The first-order valence-corrected chi connectivity index (χ1v) is 9.12. The van der Waals surface area contributed by atoms with Gasteiger partial charge in [-0.15, -0.1) is 0 Å². The highest BCUT2D eigenvalue weighted by molar-refractivity contribution is 7.61. The molecule has 134 valence electrons. The predicted octanol–water partition coefficient (Wildman–Crippen LogP) is 3.65. The van der Waals surface area contributed by atoms with Crippen molar-refractivity contribution in [2.24, 2.45) is 0 Å². The lowest BCUT2D eigenvalue weighted by Gasteiger charge is -2.08. The molecule has 0 aliphatic carbocycles. The summed E-state index contributed by atoms with van der Waals surface area (Å²) in [5.74, 6) is -2.08. The minimum absolute atomic E-state index is 0.192. The van der Waals surface area contributed by atoms with Crippen molar-refractivity contribution in [3.63, 3.8) is 0 Å². The van der Waals surface area contributed by atoms with Gasteiger partial charge in [0.2, 0.25) is 0 Å². The number of aromatic carboxylic acids is 2. The zero-order valence-corrected chi connectivity index (χ0v) is 14.8. The third-order valence-corrected chi connectivity index (χ3v) is 5.28. The molecule has 0 spiro atoms. The molecule has 0 aromatic heterocycles. The summed E-state index contributed by atoms with van der Waals surface area (Å²) in [6.07, 6.45) is 0. The molecule has 0 amide bonds. The van der Waals surface area contributed by atoms with E-state index in [1.165, 1.54) is 12.1 Å². The van der Waals surface area contributed by atoms with Crippen molar-refractivity contribution in [2.75, 3.05) is 0 Å². The Hall–Kier alpha value is -3.50. The van der Waals surface area contributed by atoms with Gasteiger partial charge in [-0.1, -0.05) is 22.8 Å². The molecule has 0 heterocycles. The van der Waals surface area contributed by atoms with E-state index < -0.39 is 19.7 Å². The highest BCUT2D eigenvalue weighted by Crippen LogP contribution is 2.26. The van der Waals surface area contributed by atoms with Crippen molar-refractivity contribution in [3.8, 4) is 11.5 Å². The van der Waals surface area contributed by atoms with Crippen LogP contribution in [0.15, 0.2) is 72.8 Å². The summed E-state index contributed by atoms with van der Waals surface area (Å²) in [5, 5.41) is 19.6. The Morgan fingerprint density at radius 1 is 0.704 bits per heavy atom. The number of hydrogen-bond donors (Lipinski definition) is 2. The Morgan fingerprint density at radius 3 is 1.85 bits per heavy atom. The van der Waals surface area contributed by atoms with Gasteiger partial charge in [0.05, 0.1) is 11.1 Å². The van der Waals surface area contributed by atoms with E-state index in [2.05, 4.69) is 0 Å². The van der Waals surface area contributed by atoms with Crippen molar-refractivity contribution in [1.82, 2.24) is 0 Å². The van der Waals surface area contributed by atoms with Crippen LogP contribution in [0.4, 0.5) is 0 Å². The minimum Gasteiger partial charge on any atom is -0.478 e. The van der Waals surface area contributed by atoms with Gasteiger partial charge in [-0.25, -0.2) is 9.59 Å². The van der Waals surface area contributed by atoms with E-state index in [9.17, 15) is 14.2 Å². The van der Waals surface area contributed by atoms with E-state index in [1.807, 2.05) is 18.2 Å². The van der Waals surface area contributed by atoms with E-state index in [0.717, 1.165) is 11.4 Å². The molecule has 0 fully saturated rings. The van der Waals surface area contributed by atoms with E-state index in [-0.39, 0.29) is 16.9 Å². The maximum atomic E-state index is 12.5. The molecule has 1 atom stereocenters. The highest BCUT2D eigenvalue weighted by Gasteiger charge is 2.23. The van der Waals surface area contributed by atoms with Crippen LogP contribution in [0.2, 0.25) is 0 Å². The summed E-state index contributed by atoms with van der Waals surface area (Å²) in [6, 6.07) is 19.4. The molecule has 3 aromatic carbocycles. The summed E-state index contributed by atoms with van der Waals surface area (Å²) in [4.78, 5) is 22.3. The zero-order chi connectivity index (χ0) is 19.4. The summed E-state index contributed by atoms with van der Waals surface area (Å²) in [7, 11) is -1.72. The topological polar surface area (TPSA) is 101 Å². The number of carbonyl (C=O) groups is 2. The molecule has 0 aliphatic heterocycles. The van der Waals surface area contributed by atoms with Gasteiger partial charge < -0.3 is 14.9 Å². The van der Waals surface area contributed by atoms with Crippen LogP contribution in [0, 0.1) is 0 Å². The van der Waals surface area contributed by atoms with Crippen molar-refractivity contribution in [1.29, 1.82) is 0 Å². The lowest BCUT2D eigenvalue weighted by atomic mass is 10.1. The zero-order valence-electron chi connectivity index (χ0n) is 13.9. The second-order valence-electron chi connectivity index (χ2n) is 5.54. The number of ether oxygens (including phenoxy) is 1. The number of benzene rings is 3. The first-order chi connectivity index (χ1) is 13.0. The lowest BCUT2D eigenvalue weighted by Crippen LogP contribution is -2.08. The average molecular weight is 381 g/mol. The van der Waals surface area contributed by atoms with E-state index >= 15 is 0 Å². The molecule has 0 radical (unpaired) electrons. The van der Waals surface area contributed by atoms with Crippen molar-refractivity contribution in [2.45, 2.75) is 0 Å². The van der Waals surface area contributed by atoms with Gasteiger partial charge in [-0.2, -0.15) is 0 Å². The largest absolute Gasteiger partial charge is 0.478 e. The fourth-order valence-electron chi connectivity index (χ4n) is 2.45. The Balaban J connectivity index is 1.81. The fourth-order valence-corrected chi connectivity index (χ4v) is 3.61. The van der Waals surface area contributed by atoms with Gasteiger partial charge in [-0.05, 0) is 54.6 Å². The monoisotopic (exact) mass is 381 g/mol. The molecular formula is C20H14O6P+. The van der Waals surface area contributed by atoms with Crippen molar-refractivity contribution >= 4 is 30.3 Å². The highest BCUT2D eigenvalue weighted by atomic mass is 31.1. The van der Waals surface area contributed by atoms with E-state index in [0.29, 0.717) is 11.1 Å². The summed E-state index contributed by atoms with van der Waals surface area (Å²) in [6.45, 7) is 0. The van der Waals surface area contributed by atoms with Crippen LogP contribution in [-0.4, -0.2) is 22.2 Å². The molecule has 2 N–H and O–H groups in total. The minimum atomic E-state index is -1.72. The maximum absolute atomic E-state index is 12.5. The SMILES string of the molecule is O=C(O)c1ccc(Oc2ccc([P+](=O)c3ccccc3)cc2)cc1C(=O)O. The van der Waals surface area contributed by atoms with E-state index in [1.54, 1.807) is 36.4 Å². The Morgan fingerprint density at radius 2 is 1.26 bits per heavy atom. The molecule has 0 saturated heterocycles. The molecule has 27 heavy (non-hydrogen) atoms. The second kappa shape index (κ2) is 7.81. The smallest absolute Gasteiger partial charge is 0.415 e. The number of carboxylic acid groups (broad SMARTS) is 2. The Kier molecular flexibility index (Phi) is 5.29. The van der Waals surface area contributed by atoms with E-state index in [4.69, 9.17) is 14.9 Å². The summed E-state index contributed by atoms with van der Waals surface area (Å²) in [5.41, 5.74) is -0.672. The van der Waals surface area contributed by atoms with Crippen LogP contribution < -0.4 is 15.3 Å². The van der Waals surface area contributed by atoms with Crippen LogP contribution in [0.25, 0.3) is 0 Å².